The molecule has 0 spiro atoms. The molecule has 0 aromatic heterocycles. The molecule has 0 atom stereocenters. The molecule has 3 heteroatoms. The summed E-state index contributed by atoms with van der Waals surface area (Å²) in [6.45, 7) is 11.5. The van der Waals surface area contributed by atoms with Crippen molar-refractivity contribution in [1.29, 1.82) is 0 Å². The second-order valence-corrected chi connectivity index (χ2v) is 5.92. The average molecular weight is 230 g/mol. The summed E-state index contributed by atoms with van der Waals surface area (Å²) in [5.41, 5.74) is -0.907. The van der Waals surface area contributed by atoms with Gasteiger partial charge in [0.2, 0.25) is 0 Å². The molecule has 0 aliphatic rings. The van der Waals surface area contributed by atoms with Crippen LogP contribution in [0.2, 0.25) is 0 Å². The maximum Gasteiger partial charge on any atom is 0.347 e. The highest BCUT2D eigenvalue weighted by atomic mass is 17.2. The minimum absolute atomic E-state index is 0.323. The minimum Gasteiger partial charge on any atom is -0.297 e. The third kappa shape index (κ3) is 6.83. The van der Waals surface area contributed by atoms with Crippen LogP contribution in [0.25, 0.3) is 0 Å². The Morgan fingerprint density at radius 3 is 2.06 bits per heavy atom. The Morgan fingerprint density at radius 1 is 1.06 bits per heavy atom. The Bertz CT molecular complexity index is 214. The first kappa shape index (κ1) is 15.4. The summed E-state index contributed by atoms with van der Waals surface area (Å²) in [6.07, 6.45) is 4.35. The lowest BCUT2D eigenvalue weighted by molar-refractivity contribution is -0.331. The van der Waals surface area contributed by atoms with Gasteiger partial charge in [0.25, 0.3) is 0 Å². The summed E-state index contributed by atoms with van der Waals surface area (Å²) in [6, 6.07) is 0. The molecular weight excluding hydrogens is 204 g/mol. The fraction of sp³-hybridized carbons (Fsp3) is 0.923. The first-order valence-electron chi connectivity index (χ1n) is 6.09. The normalized spacial score (nSPS) is 12.6. The van der Waals surface area contributed by atoms with E-state index in [0.717, 1.165) is 12.8 Å². The van der Waals surface area contributed by atoms with Crippen molar-refractivity contribution < 1.29 is 14.6 Å². The van der Waals surface area contributed by atoms with E-state index in [4.69, 9.17) is 9.78 Å². The standard InChI is InChI=1S/C13H26O3/c1-7-8-9-10-13(5,6)16-15-11(14)12(2,3)4/h7-10H2,1-6H3. The van der Waals surface area contributed by atoms with Crippen molar-refractivity contribution in [2.24, 2.45) is 5.41 Å². The predicted octanol–water partition coefficient (Wildman–Crippen LogP) is 3.87. The Morgan fingerprint density at radius 2 is 1.62 bits per heavy atom. The van der Waals surface area contributed by atoms with Gasteiger partial charge in [-0.1, -0.05) is 26.2 Å². The van der Waals surface area contributed by atoms with E-state index in [1.165, 1.54) is 12.8 Å². The number of carbonyl (C=O) groups is 1. The van der Waals surface area contributed by atoms with E-state index in [0.29, 0.717) is 0 Å². The second kappa shape index (κ2) is 6.24. The Hall–Kier alpha value is -0.570. The number of hydrogen-bond donors (Lipinski definition) is 0. The van der Waals surface area contributed by atoms with Crippen molar-refractivity contribution in [3.63, 3.8) is 0 Å². The third-order valence-electron chi connectivity index (χ3n) is 2.34. The van der Waals surface area contributed by atoms with E-state index >= 15 is 0 Å². The van der Waals surface area contributed by atoms with Crippen molar-refractivity contribution in [2.45, 2.75) is 72.8 Å². The third-order valence-corrected chi connectivity index (χ3v) is 2.34. The van der Waals surface area contributed by atoms with Crippen LogP contribution in [0.3, 0.4) is 0 Å². The molecule has 0 unspecified atom stereocenters. The molecule has 0 bridgehead atoms. The fourth-order valence-corrected chi connectivity index (χ4v) is 1.12. The molecule has 16 heavy (non-hydrogen) atoms. The van der Waals surface area contributed by atoms with E-state index in [9.17, 15) is 4.79 Å². The molecule has 0 aromatic rings. The van der Waals surface area contributed by atoms with E-state index in [2.05, 4.69) is 6.92 Å². The zero-order valence-corrected chi connectivity index (χ0v) is 11.6. The lowest BCUT2D eigenvalue weighted by Crippen LogP contribution is -2.30. The molecule has 0 amide bonds. The molecule has 0 rings (SSSR count). The van der Waals surface area contributed by atoms with E-state index in [-0.39, 0.29) is 5.97 Å². The van der Waals surface area contributed by atoms with Gasteiger partial charge in [-0.3, -0.25) is 4.89 Å². The molecule has 0 fully saturated rings. The van der Waals surface area contributed by atoms with Crippen LogP contribution in [0.15, 0.2) is 0 Å². The van der Waals surface area contributed by atoms with Crippen molar-refractivity contribution in [1.82, 2.24) is 0 Å². The summed E-state index contributed by atoms with van der Waals surface area (Å²) >= 11 is 0. The van der Waals surface area contributed by atoms with Gasteiger partial charge in [0.05, 0.1) is 5.41 Å². The lowest BCUT2D eigenvalue weighted by Gasteiger charge is -2.24. The van der Waals surface area contributed by atoms with Gasteiger partial charge >= 0.3 is 5.97 Å². The number of unbranched alkanes of at least 4 members (excludes halogenated alkanes) is 2. The van der Waals surface area contributed by atoms with Gasteiger partial charge < -0.3 is 0 Å². The number of carbonyl (C=O) groups excluding carboxylic acids is 1. The average Bonchev–Trinajstić information content (AvgIpc) is 2.13. The predicted molar refractivity (Wildman–Crippen MR) is 64.9 cm³/mol. The lowest BCUT2D eigenvalue weighted by atomic mass is 9.98. The van der Waals surface area contributed by atoms with Crippen LogP contribution in [-0.4, -0.2) is 11.6 Å². The van der Waals surface area contributed by atoms with Gasteiger partial charge in [-0.2, -0.15) is 4.89 Å². The smallest absolute Gasteiger partial charge is 0.297 e. The molecule has 0 heterocycles. The highest BCUT2D eigenvalue weighted by Crippen LogP contribution is 2.22. The van der Waals surface area contributed by atoms with Gasteiger partial charge in [0.1, 0.15) is 5.60 Å². The molecular formula is C13H26O3. The number of hydrogen-bond acceptors (Lipinski definition) is 3. The van der Waals surface area contributed by atoms with Gasteiger partial charge in [-0.25, -0.2) is 4.79 Å². The quantitative estimate of drug-likeness (QED) is 0.395. The first-order chi connectivity index (χ1) is 7.19. The van der Waals surface area contributed by atoms with Crippen LogP contribution in [0.5, 0.6) is 0 Å². The van der Waals surface area contributed by atoms with Crippen LogP contribution < -0.4 is 0 Å². The SMILES string of the molecule is CCCCCC(C)(C)OOC(=O)C(C)(C)C. The van der Waals surface area contributed by atoms with Crippen LogP contribution >= 0.6 is 0 Å². The zero-order valence-electron chi connectivity index (χ0n) is 11.6. The molecule has 0 radical (unpaired) electrons. The van der Waals surface area contributed by atoms with Crippen molar-refractivity contribution in [3.8, 4) is 0 Å². The monoisotopic (exact) mass is 230 g/mol. The van der Waals surface area contributed by atoms with Crippen LogP contribution in [0.1, 0.15) is 67.2 Å². The van der Waals surface area contributed by atoms with Gasteiger partial charge in [0.15, 0.2) is 0 Å². The Kier molecular flexibility index (Phi) is 6.01. The summed E-state index contributed by atoms with van der Waals surface area (Å²) in [4.78, 5) is 21.6. The molecule has 0 saturated carbocycles. The number of rotatable bonds is 6. The van der Waals surface area contributed by atoms with Crippen molar-refractivity contribution in [2.75, 3.05) is 0 Å². The van der Waals surface area contributed by atoms with Crippen LogP contribution in [0, 0.1) is 5.41 Å². The summed E-state index contributed by atoms with van der Waals surface area (Å²) < 4.78 is 0. The Labute approximate surface area is 99.4 Å². The first-order valence-corrected chi connectivity index (χ1v) is 6.09. The highest BCUT2D eigenvalue weighted by Gasteiger charge is 2.28. The summed E-state index contributed by atoms with van der Waals surface area (Å²) in [5.74, 6) is -0.323. The maximum atomic E-state index is 11.5. The van der Waals surface area contributed by atoms with Crippen molar-refractivity contribution >= 4 is 5.97 Å². The summed E-state index contributed by atoms with van der Waals surface area (Å²) in [5, 5.41) is 0. The molecule has 0 aliphatic carbocycles. The second-order valence-electron chi connectivity index (χ2n) is 5.92. The van der Waals surface area contributed by atoms with Crippen molar-refractivity contribution in [3.05, 3.63) is 0 Å². The molecule has 0 saturated heterocycles. The molecule has 0 N–H and O–H groups in total. The van der Waals surface area contributed by atoms with Gasteiger partial charge in [-0.05, 0) is 41.0 Å². The fourth-order valence-electron chi connectivity index (χ4n) is 1.12. The maximum absolute atomic E-state index is 11.5. The highest BCUT2D eigenvalue weighted by molar-refractivity contribution is 5.74. The molecule has 3 nitrogen and oxygen atoms in total. The van der Waals surface area contributed by atoms with Crippen LogP contribution in [-0.2, 0) is 14.6 Å². The minimum atomic E-state index is -0.514. The summed E-state index contributed by atoms with van der Waals surface area (Å²) in [7, 11) is 0. The van der Waals surface area contributed by atoms with E-state index in [1.54, 1.807) is 0 Å². The largest absolute Gasteiger partial charge is 0.347 e. The van der Waals surface area contributed by atoms with E-state index in [1.807, 2.05) is 34.6 Å². The van der Waals surface area contributed by atoms with E-state index < -0.39 is 11.0 Å². The Balaban J connectivity index is 3.94. The molecule has 0 aromatic carbocycles. The molecule has 96 valence electrons. The van der Waals surface area contributed by atoms with Crippen LogP contribution in [0.4, 0.5) is 0 Å². The molecule has 0 aliphatic heterocycles. The van der Waals surface area contributed by atoms with Gasteiger partial charge in [0, 0.05) is 0 Å². The van der Waals surface area contributed by atoms with Gasteiger partial charge in [-0.15, -0.1) is 0 Å². The zero-order chi connectivity index (χ0) is 12.8. The topological polar surface area (TPSA) is 35.5 Å².